The van der Waals surface area contributed by atoms with Crippen molar-refractivity contribution in [1.82, 2.24) is 10.6 Å². The van der Waals surface area contributed by atoms with E-state index < -0.39 is 0 Å². The Morgan fingerprint density at radius 2 is 2.06 bits per heavy atom. The highest BCUT2D eigenvalue weighted by molar-refractivity contribution is 5.74. The number of carbonyl (C=O) groups excluding carboxylic acids is 1. The number of aryl methyl sites for hydroxylation is 1. The molecule has 2 N–H and O–H groups in total. The third-order valence-electron chi connectivity index (χ3n) is 2.64. The first-order chi connectivity index (χ1) is 8.59. The van der Waals surface area contributed by atoms with E-state index in [2.05, 4.69) is 43.5 Å². The van der Waals surface area contributed by atoms with Crippen molar-refractivity contribution >= 4 is 6.03 Å². The quantitative estimate of drug-likeness (QED) is 0.824. The molecule has 0 heterocycles. The summed E-state index contributed by atoms with van der Waals surface area (Å²) in [6, 6.07) is 8.07. The van der Waals surface area contributed by atoms with Gasteiger partial charge in [0.05, 0.1) is 0 Å². The SMILES string of the molecule is Cc1ccccc1CCNC(=O)N/C=C/C(C)C. The van der Waals surface area contributed by atoms with Gasteiger partial charge in [-0.05, 0) is 30.4 Å². The zero-order valence-electron chi connectivity index (χ0n) is 11.4. The van der Waals surface area contributed by atoms with Crippen LogP contribution in [0, 0.1) is 12.8 Å². The van der Waals surface area contributed by atoms with E-state index in [1.54, 1.807) is 6.20 Å². The molecule has 3 heteroatoms. The number of hydrogen-bond donors (Lipinski definition) is 2. The lowest BCUT2D eigenvalue weighted by Crippen LogP contribution is -2.33. The highest BCUT2D eigenvalue weighted by atomic mass is 16.2. The molecule has 0 spiro atoms. The second-order valence-electron chi connectivity index (χ2n) is 4.68. The Labute approximate surface area is 109 Å². The van der Waals surface area contributed by atoms with Gasteiger partial charge in [0.2, 0.25) is 0 Å². The zero-order valence-corrected chi connectivity index (χ0v) is 11.4. The number of hydrogen-bond acceptors (Lipinski definition) is 1. The van der Waals surface area contributed by atoms with Crippen molar-refractivity contribution in [2.45, 2.75) is 27.2 Å². The summed E-state index contributed by atoms with van der Waals surface area (Å²) >= 11 is 0. The monoisotopic (exact) mass is 246 g/mol. The maximum absolute atomic E-state index is 11.4. The van der Waals surface area contributed by atoms with E-state index in [9.17, 15) is 4.79 Å². The van der Waals surface area contributed by atoms with Gasteiger partial charge in [-0.2, -0.15) is 0 Å². The van der Waals surface area contributed by atoms with Gasteiger partial charge >= 0.3 is 6.03 Å². The predicted octanol–water partition coefficient (Wildman–Crippen LogP) is 3.01. The normalized spacial score (nSPS) is 10.9. The minimum atomic E-state index is -0.152. The van der Waals surface area contributed by atoms with Crippen LogP contribution in [-0.4, -0.2) is 12.6 Å². The van der Waals surface area contributed by atoms with E-state index in [-0.39, 0.29) is 6.03 Å². The molecular weight excluding hydrogens is 224 g/mol. The standard InChI is InChI=1S/C15H22N2O/c1-12(2)8-10-16-15(18)17-11-9-14-7-5-4-6-13(14)3/h4-8,10,12H,9,11H2,1-3H3,(H2,16,17,18)/b10-8+. The maximum atomic E-state index is 11.4. The second kappa shape index (κ2) is 7.54. The van der Waals surface area contributed by atoms with E-state index in [0.717, 1.165) is 6.42 Å². The molecule has 2 amide bonds. The Hall–Kier alpha value is -1.77. The summed E-state index contributed by atoms with van der Waals surface area (Å²) in [5, 5.41) is 5.52. The number of urea groups is 1. The largest absolute Gasteiger partial charge is 0.338 e. The number of benzene rings is 1. The number of allylic oxidation sites excluding steroid dienone is 1. The van der Waals surface area contributed by atoms with Crippen LogP contribution in [0.25, 0.3) is 0 Å². The number of amides is 2. The fourth-order valence-corrected chi connectivity index (χ4v) is 1.57. The van der Waals surface area contributed by atoms with Crippen molar-refractivity contribution in [3.63, 3.8) is 0 Å². The molecule has 0 aromatic heterocycles. The van der Waals surface area contributed by atoms with Crippen LogP contribution in [0.15, 0.2) is 36.5 Å². The third-order valence-corrected chi connectivity index (χ3v) is 2.64. The van der Waals surface area contributed by atoms with Gasteiger partial charge in [0, 0.05) is 12.7 Å². The Kier molecular flexibility index (Phi) is 5.98. The van der Waals surface area contributed by atoms with E-state index >= 15 is 0 Å². The second-order valence-corrected chi connectivity index (χ2v) is 4.68. The predicted molar refractivity (Wildman–Crippen MR) is 75.4 cm³/mol. The summed E-state index contributed by atoms with van der Waals surface area (Å²) in [7, 11) is 0. The van der Waals surface area contributed by atoms with Crippen molar-refractivity contribution in [1.29, 1.82) is 0 Å². The molecule has 18 heavy (non-hydrogen) atoms. The van der Waals surface area contributed by atoms with Gasteiger partial charge in [-0.25, -0.2) is 4.79 Å². The highest BCUT2D eigenvalue weighted by Crippen LogP contribution is 2.06. The molecule has 0 aliphatic heterocycles. The summed E-state index contributed by atoms with van der Waals surface area (Å²) in [6.45, 7) is 6.86. The molecule has 0 radical (unpaired) electrons. The van der Waals surface area contributed by atoms with Gasteiger partial charge in [0.25, 0.3) is 0 Å². The van der Waals surface area contributed by atoms with Crippen LogP contribution in [0.4, 0.5) is 4.79 Å². The first-order valence-corrected chi connectivity index (χ1v) is 6.35. The lowest BCUT2D eigenvalue weighted by atomic mass is 10.1. The summed E-state index contributed by atoms with van der Waals surface area (Å²) in [4.78, 5) is 11.4. The fourth-order valence-electron chi connectivity index (χ4n) is 1.57. The minimum Gasteiger partial charge on any atom is -0.338 e. The molecule has 0 bridgehead atoms. The number of carbonyl (C=O) groups is 1. The lowest BCUT2D eigenvalue weighted by Gasteiger charge is -2.07. The van der Waals surface area contributed by atoms with Gasteiger partial charge in [-0.15, -0.1) is 0 Å². The van der Waals surface area contributed by atoms with Crippen molar-refractivity contribution in [3.05, 3.63) is 47.7 Å². The summed E-state index contributed by atoms with van der Waals surface area (Å²) in [5.74, 6) is 0.442. The molecule has 1 aromatic carbocycles. The van der Waals surface area contributed by atoms with Crippen LogP contribution in [0.5, 0.6) is 0 Å². The van der Waals surface area contributed by atoms with Gasteiger partial charge in [-0.3, -0.25) is 0 Å². The van der Waals surface area contributed by atoms with Crippen LogP contribution in [0.2, 0.25) is 0 Å². The lowest BCUT2D eigenvalue weighted by molar-refractivity contribution is 0.244. The number of nitrogens with one attached hydrogen (secondary N) is 2. The average Bonchev–Trinajstić information content (AvgIpc) is 2.31. The zero-order chi connectivity index (χ0) is 13.4. The summed E-state index contributed by atoms with van der Waals surface area (Å²) in [5.41, 5.74) is 2.54. The summed E-state index contributed by atoms with van der Waals surface area (Å²) < 4.78 is 0. The van der Waals surface area contributed by atoms with Crippen molar-refractivity contribution in [3.8, 4) is 0 Å². The van der Waals surface area contributed by atoms with Crippen molar-refractivity contribution < 1.29 is 4.79 Å². The van der Waals surface area contributed by atoms with E-state index in [1.165, 1.54) is 11.1 Å². The molecule has 0 aliphatic carbocycles. The molecule has 0 saturated carbocycles. The third kappa shape index (κ3) is 5.53. The Morgan fingerprint density at radius 1 is 1.33 bits per heavy atom. The van der Waals surface area contributed by atoms with E-state index in [1.807, 2.05) is 18.2 Å². The van der Waals surface area contributed by atoms with Gasteiger partial charge in [0.1, 0.15) is 0 Å². The minimum absolute atomic E-state index is 0.152. The Balaban J connectivity index is 2.26. The maximum Gasteiger partial charge on any atom is 0.318 e. The highest BCUT2D eigenvalue weighted by Gasteiger charge is 1.99. The molecule has 3 nitrogen and oxygen atoms in total. The Morgan fingerprint density at radius 3 is 2.72 bits per heavy atom. The van der Waals surface area contributed by atoms with Gasteiger partial charge in [0.15, 0.2) is 0 Å². The molecule has 0 atom stereocenters. The van der Waals surface area contributed by atoms with E-state index in [4.69, 9.17) is 0 Å². The van der Waals surface area contributed by atoms with Crippen LogP contribution < -0.4 is 10.6 Å². The van der Waals surface area contributed by atoms with Crippen LogP contribution in [-0.2, 0) is 6.42 Å². The first kappa shape index (κ1) is 14.3. The van der Waals surface area contributed by atoms with Crippen LogP contribution in [0.3, 0.4) is 0 Å². The fraction of sp³-hybridized carbons (Fsp3) is 0.400. The van der Waals surface area contributed by atoms with Gasteiger partial charge in [-0.1, -0.05) is 44.2 Å². The average molecular weight is 246 g/mol. The Bertz CT molecular complexity index is 411. The molecule has 0 saturated heterocycles. The molecule has 98 valence electrons. The molecule has 0 aliphatic rings. The van der Waals surface area contributed by atoms with Crippen LogP contribution in [0.1, 0.15) is 25.0 Å². The molecule has 1 rings (SSSR count). The topological polar surface area (TPSA) is 41.1 Å². The molecule has 0 unspecified atom stereocenters. The van der Waals surface area contributed by atoms with Crippen molar-refractivity contribution in [2.24, 2.45) is 5.92 Å². The van der Waals surface area contributed by atoms with Gasteiger partial charge < -0.3 is 10.6 Å². The van der Waals surface area contributed by atoms with Crippen LogP contribution >= 0.6 is 0 Å². The summed E-state index contributed by atoms with van der Waals surface area (Å²) in [6.07, 6.45) is 4.49. The molecule has 1 aromatic rings. The smallest absolute Gasteiger partial charge is 0.318 e. The first-order valence-electron chi connectivity index (χ1n) is 6.35. The van der Waals surface area contributed by atoms with Crippen molar-refractivity contribution in [2.75, 3.05) is 6.54 Å². The molecule has 0 fully saturated rings. The number of rotatable bonds is 5. The van der Waals surface area contributed by atoms with E-state index in [0.29, 0.717) is 12.5 Å². The molecular formula is C15H22N2O.